The van der Waals surface area contributed by atoms with E-state index in [1.807, 2.05) is 6.07 Å². The van der Waals surface area contributed by atoms with E-state index in [1.165, 1.54) is 11.1 Å². The zero-order valence-corrected chi connectivity index (χ0v) is 12.1. The normalized spacial score (nSPS) is 21.1. The average Bonchev–Trinajstić information content (AvgIpc) is 2.77. The number of nitrogens with two attached hydrogens (primary N) is 1. The molecule has 1 aromatic carbocycles. The molecule has 0 saturated carbocycles. The van der Waals surface area contributed by atoms with Gasteiger partial charge in [0.25, 0.3) is 0 Å². The average molecular weight is 263 g/mol. The Kier molecular flexibility index (Phi) is 4.16. The van der Waals surface area contributed by atoms with Gasteiger partial charge in [-0.1, -0.05) is 31.5 Å². The molecule has 1 aliphatic heterocycles. The summed E-state index contributed by atoms with van der Waals surface area (Å²) in [4.78, 5) is 0. The zero-order valence-electron chi connectivity index (χ0n) is 12.1. The number of rotatable bonds is 5. The van der Waals surface area contributed by atoms with Gasteiger partial charge in [-0.05, 0) is 30.9 Å². The van der Waals surface area contributed by atoms with Crippen LogP contribution in [0.2, 0.25) is 0 Å². The summed E-state index contributed by atoms with van der Waals surface area (Å²) in [5, 5.41) is 9.73. The Morgan fingerprint density at radius 3 is 2.79 bits per heavy atom. The lowest BCUT2D eigenvalue weighted by Gasteiger charge is -2.36. The summed E-state index contributed by atoms with van der Waals surface area (Å²) in [7, 11) is 0. The molecule has 0 saturated heterocycles. The number of fused-ring (bicyclic) bond motifs is 1. The zero-order chi connectivity index (χ0) is 14.0. The van der Waals surface area contributed by atoms with E-state index in [0.29, 0.717) is 12.5 Å². The van der Waals surface area contributed by atoms with Crippen molar-refractivity contribution in [2.45, 2.75) is 39.7 Å². The molecule has 2 atom stereocenters. The molecule has 1 aromatic rings. The van der Waals surface area contributed by atoms with Gasteiger partial charge >= 0.3 is 0 Å². The van der Waals surface area contributed by atoms with Gasteiger partial charge in [-0.3, -0.25) is 0 Å². The Labute approximate surface area is 115 Å². The first-order valence-electron chi connectivity index (χ1n) is 7.08. The topological polar surface area (TPSA) is 55.5 Å². The minimum atomic E-state index is -0.234. The Bertz CT molecular complexity index is 438. The molecule has 0 radical (unpaired) electrons. The van der Waals surface area contributed by atoms with Gasteiger partial charge in [0.2, 0.25) is 0 Å². The van der Waals surface area contributed by atoms with Crippen molar-refractivity contribution in [2.24, 2.45) is 17.1 Å². The van der Waals surface area contributed by atoms with Crippen molar-refractivity contribution in [2.75, 3.05) is 13.2 Å². The predicted octanol–water partition coefficient (Wildman–Crippen LogP) is 2.28. The summed E-state index contributed by atoms with van der Waals surface area (Å²) in [5.41, 5.74) is 8.22. The second-order valence-electron chi connectivity index (χ2n) is 6.14. The fourth-order valence-corrected chi connectivity index (χ4v) is 2.88. The van der Waals surface area contributed by atoms with Crippen LogP contribution < -0.4 is 10.5 Å². The van der Waals surface area contributed by atoms with E-state index < -0.39 is 0 Å². The molecule has 3 N–H and O–H groups in total. The van der Waals surface area contributed by atoms with Crippen molar-refractivity contribution >= 4 is 0 Å². The third-order valence-electron chi connectivity index (χ3n) is 4.54. The highest BCUT2D eigenvalue weighted by Gasteiger charge is 2.37. The largest absolute Gasteiger partial charge is 0.490 e. The summed E-state index contributed by atoms with van der Waals surface area (Å²) in [5.74, 6) is 1.33. The standard InChI is InChI=1S/C16H25NO2/c1-11(2)16(9-17,10-18)8-14-7-13-6-12(3)4-5-15(13)19-14/h4-6,11,14,18H,7-10,17H2,1-3H3. The van der Waals surface area contributed by atoms with Crippen molar-refractivity contribution in [1.82, 2.24) is 0 Å². The van der Waals surface area contributed by atoms with Gasteiger partial charge < -0.3 is 15.6 Å². The van der Waals surface area contributed by atoms with Gasteiger partial charge in [0.15, 0.2) is 0 Å². The lowest BCUT2D eigenvalue weighted by Crippen LogP contribution is -2.42. The van der Waals surface area contributed by atoms with Crippen LogP contribution in [0.5, 0.6) is 5.75 Å². The van der Waals surface area contributed by atoms with E-state index in [4.69, 9.17) is 10.5 Å². The van der Waals surface area contributed by atoms with Gasteiger partial charge in [-0.15, -0.1) is 0 Å². The van der Waals surface area contributed by atoms with Gasteiger partial charge in [-0.2, -0.15) is 0 Å². The second kappa shape index (κ2) is 5.51. The Morgan fingerprint density at radius 1 is 1.47 bits per heavy atom. The van der Waals surface area contributed by atoms with E-state index >= 15 is 0 Å². The van der Waals surface area contributed by atoms with Gasteiger partial charge in [-0.25, -0.2) is 0 Å². The number of benzene rings is 1. The lowest BCUT2D eigenvalue weighted by molar-refractivity contribution is 0.0375. The highest BCUT2D eigenvalue weighted by atomic mass is 16.5. The van der Waals surface area contributed by atoms with Gasteiger partial charge in [0, 0.05) is 18.4 Å². The van der Waals surface area contributed by atoms with Crippen LogP contribution >= 0.6 is 0 Å². The van der Waals surface area contributed by atoms with Gasteiger partial charge in [0.05, 0.1) is 6.61 Å². The first kappa shape index (κ1) is 14.4. The van der Waals surface area contributed by atoms with Crippen LogP contribution in [0.15, 0.2) is 18.2 Å². The highest BCUT2D eigenvalue weighted by Crippen LogP contribution is 2.38. The van der Waals surface area contributed by atoms with Crippen molar-refractivity contribution < 1.29 is 9.84 Å². The minimum absolute atomic E-state index is 0.121. The lowest BCUT2D eigenvalue weighted by atomic mass is 9.73. The Morgan fingerprint density at radius 2 is 2.21 bits per heavy atom. The van der Waals surface area contributed by atoms with Crippen LogP contribution in [-0.2, 0) is 6.42 Å². The maximum absolute atomic E-state index is 9.73. The molecule has 3 nitrogen and oxygen atoms in total. The first-order valence-corrected chi connectivity index (χ1v) is 7.08. The minimum Gasteiger partial charge on any atom is -0.490 e. The van der Waals surface area contributed by atoms with Crippen LogP contribution in [0.25, 0.3) is 0 Å². The summed E-state index contributed by atoms with van der Waals surface area (Å²) in [6.45, 7) is 6.96. The van der Waals surface area contributed by atoms with Gasteiger partial charge in [0.1, 0.15) is 11.9 Å². The monoisotopic (exact) mass is 263 g/mol. The molecule has 19 heavy (non-hydrogen) atoms. The predicted molar refractivity (Wildman–Crippen MR) is 77.3 cm³/mol. The molecule has 0 aliphatic carbocycles. The third kappa shape index (κ3) is 2.77. The van der Waals surface area contributed by atoms with E-state index in [2.05, 4.69) is 32.9 Å². The number of aryl methyl sites for hydroxylation is 1. The smallest absolute Gasteiger partial charge is 0.123 e. The number of hydrogen-bond donors (Lipinski definition) is 2. The molecule has 1 aliphatic rings. The number of hydrogen-bond acceptors (Lipinski definition) is 3. The highest BCUT2D eigenvalue weighted by molar-refractivity contribution is 5.40. The molecular weight excluding hydrogens is 238 g/mol. The SMILES string of the molecule is Cc1ccc2c(c1)CC(CC(CN)(CO)C(C)C)O2. The molecule has 1 heterocycles. The molecule has 0 spiro atoms. The van der Waals surface area contributed by atoms with E-state index in [1.54, 1.807) is 0 Å². The van der Waals surface area contributed by atoms with Crippen molar-refractivity contribution in [3.63, 3.8) is 0 Å². The first-order chi connectivity index (χ1) is 9.00. The molecule has 0 fully saturated rings. The summed E-state index contributed by atoms with van der Waals surface area (Å²) in [6, 6.07) is 6.31. The molecule has 106 valence electrons. The van der Waals surface area contributed by atoms with E-state index in [0.717, 1.165) is 18.6 Å². The molecule has 0 aromatic heterocycles. The van der Waals surface area contributed by atoms with Crippen LogP contribution in [0.4, 0.5) is 0 Å². The number of aliphatic hydroxyl groups excluding tert-OH is 1. The van der Waals surface area contributed by atoms with Crippen molar-refractivity contribution in [3.05, 3.63) is 29.3 Å². The van der Waals surface area contributed by atoms with Crippen molar-refractivity contribution in [3.8, 4) is 5.75 Å². The summed E-state index contributed by atoms with van der Waals surface area (Å²) >= 11 is 0. The molecule has 0 bridgehead atoms. The van der Waals surface area contributed by atoms with Crippen LogP contribution in [0.1, 0.15) is 31.4 Å². The second-order valence-corrected chi connectivity index (χ2v) is 6.14. The fraction of sp³-hybridized carbons (Fsp3) is 0.625. The fourth-order valence-electron chi connectivity index (χ4n) is 2.88. The quantitative estimate of drug-likeness (QED) is 0.857. The number of ether oxygens (including phenoxy) is 1. The molecular formula is C16H25NO2. The molecule has 0 amide bonds. The van der Waals surface area contributed by atoms with Crippen LogP contribution in [0.3, 0.4) is 0 Å². The molecule has 3 heteroatoms. The maximum Gasteiger partial charge on any atom is 0.123 e. The molecule has 2 unspecified atom stereocenters. The Hall–Kier alpha value is -1.06. The van der Waals surface area contributed by atoms with E-state index in [9.17, 15) is 5.11 Å². The summed E-state index contributed by atoms with van der Waals surface area (Å²) < 4.78 is 6.00. The Balaban J connectivity index is 2.10. The van der Waals surface area contributed by atoms with Crippen LogP contribution in [0, 0.1) is 18.3 Å². The maximum atomic E-state index is 9.73. The molecule has 2 rings (SSSR count). The summed E-state index contributed by atoms with van der Waals surface area (Å²) in [6.07, 6.45) is 1.87. The van der Waals surface area contributed by atoms with Crippen molar-refractivity contribution in [1.29, 1.82) is 0 Å². The number of aliphatic hydroxyl groups is 1. The third-order valence-corrected chi connectivity index (χ3v) is 4.54. The van der Waals surface area contributed by atoms with E-state index in [-0.39, 0.29) is 18.1 Å². The van der Waals surface area contributed by atoms with Crippen LogP contribution in [-0.4, -0.2) is 24.4 Å².